The first-order valence-corrected chi connectivity index (χ1v) is 12.4. The summed E-state index contributed by atoms with van der Waals surface area (Å²) in [5.41, 5.74) is 3.17. The second-order valence-electron chi connectivity index (χ2n) is 9.66. The molecule has 1 spiro atoms. The van der Waals surface area contributed by atoms with Crippen molar-refractivity contribution < 1.29 is 14.0 Å². The van der Waals surface area contributed by atoms with Crippen LogP contribution in [0.5, 0.6) is 0 Å². The normalized spacial score (nSPS) is 17.9. The number of carbonyl (C=O) groups is 2. The number of carbonyl (C=O) groups excluding carboxylic acids is 2. The molecule has 3 aliphatic rings. The van der Waals surface area contributed by atoms with Gasteiger partial charge in [0.15, 0.2) is 10.8 Å². The van der Waals surface area contributed by atoms with Crippen molar-refractivity contribution in [3.8, 4) is 0 Å². The van der Waals surface area contributed by atoms with E-state index in [-0.39, 0.29) is 18.4 Å². The van der Waals surface area contributed by atoms with Gasteiger partial charge in [-0.3, -0.25) is 19.5 Å². The van der Waals surface area contributed by atoms with Gasteiger partial charge in [-0.05, 0) is 80.4 Å². The summed E-state index contributed by atoms with van der Waals surface area (Å²) in [6.07, 6.45) is 3.77. The Kier molecular flexibility index (Phi) is 5.31. The van der Waals surface area contributed by atoms with Crippen molar-refractivity contribution in [1.82, 2.24) is 9.88 Å². The maximum Gasteiger partial charge on any atom is 0.259 e. The Morgan fingerprint density at radius 1 is 1.14 bits per heavy atom. The predicted octanol–water partition coefficient (Wildman–Crippen LogP) is 5.30. The molecule has 37 heavy (non-hydrogen) atoms. The quantitative estimate of drug-likeness (QED) is 0.352. The fourth-order valence-electron chi connectivity index (χ4n) is 5.43. The average molecular weight is 512 g/mol. The molecular formula is C28H22FN5O2S. The molecule has 1 saturated carbocycles. The summed E-state index contributed by atoms with van der Waals surface area (Å²) in [7, 11) is 0. The molecule has 3 aromatic rings. The Hall–Kier alpha value is -4.16. The molecule has 0 radical (unpaired) electrons. The Morgan fingerprint density at radius 3 is 2.57 bits per heavy atom. The first-order chi connectivity index (χ1) is 17.8. The lowest BCUT2D eigenvalue weighted by atomic mass is 9.75. The maximum atomic E-state index is 15.4. The van der Waals surface area contributed by atoms with Gasteiger partial charge in [0.2, 0.25) is 0 Å². The monoisotopic (exact) mass is 511 g/mol. The lowest BCUT2D eigenvalue weighted by molar-refractivity contribution is -0.123. The summed E-state index contributed by atoms with van der Waals surface area (Å²) in [6.45, 7) is 9.58. The number of halogens is 1. The van der Waals surface area contributed by atoms with Gasteiger partial charge in [-0.2, -0.15) is 0 Å². The van der Waals surface area contributed by atoms with Crippen molar-refractivity contribution in [3.63, 3.8) is 0 Å². The fourth-order valence-corrected chi connectivity index (χ4v) is 5.90. The molecule has 1 aromatic heterocycles. The van der Waals surface area contributed by atoms with Crippen LogP contribution in [0.2, 0.25) is 0 Å². The van der Waals surface area contributed by atoms with Crippen molar-refractivity contribution in [3.05, 3.63) is 94.3 Å². The van der Waals surface area contributed by atoms with Gasteiger partial charge in [-0.1, -0.05) is 12.1 Å². The number of nitrogens with zero attached hydrogens (tertiary/aromatic N) is 5. The average Bonchev–Trinajstić information content (AvgIpc) is 3.30. The van der Waals surface area contributed by atoms with Gasteiger partial charge in [-0.25, -0.2) is 9.24 Å². The van der Waals surface area contributed by atoms with Crippen LogP contribution in [0.1, 0.15) is 46.4 Å². The first-order valence-electron chi connectivity index (χ1n) is 12.0. The Balaban J connectivity index is 1.30. The third kappa shape index (κ3) is 3.44. The van der Waals surface area contributed by atoms with Gasteiger partial charge < -0.3 is 9.80 Å². The molecule has 6 rings (SSSR count). The number of aromatic nitrogens is 1. The lowest BCUT2D eigenvalue weighted by Crippen LogP contribution is -2.55. The van der Waals surface area contributed by atoms with Gasteiger partial charge in [0.05, 0.1) is 24.4 Å². The fraction of sp³-hybridized carbons (Fsp3) is 0.250. The highest BCUT2D eigenvalue weighted by atomic mass is 32.1. The van der Waals surface area contributed by atoms with E-state index >= 15 is 4.39 Å². The van der Waals surface area contributed by atoms with E-state index in [1.165, 1.54) is 11.0 Å². The van der Waals surface area contributed by atoms with Crippen LogP contribution in [-0.2, 0) is 17.9 Å². The van der Waals surface area contributed by atoms with Crippen LogP contribution < -0.4 is 9.80 Å². The standard InChI is InChI=1S/C28H22FN5O2S/c1-17-13-19(8-9-23(17)30-2)33-26(36)28(10-4-11-28)34(27(33)37)20-7-6-18(22(29)14-20)15-32-16-24-21(25(32)35)5-3-12-31-24/h3,5-9,12-14H,4,10-11,15-16H2,1H3. The number of amides is 2. The second kappa shape index (κ2) is 8.46. The second-order valence-corrected chi connectivity index (χ2v) is 10.0. The minimum absolute atomic E-state index is 0.120. The number of benzene rings is 2. The van der Waals surface area contributed by atoms with Crippen molar-refractivity contribution in [2.45, 2.75) is 44.8 Å². The van der Waals surface area contributed by atoms with Crippen molar-refractivity contribution in [2.24, 2.45) is 0 Å². The third-order valence-corrected chi connectivity index (χ3v) is 7.92. The van der Waals surface area contributed by atoms with E-state index < -0.39 is 11.4 Å². The highest BCUT2D eigenvalue weighted by Gasteiger charge is 2.59. The molecule has 2 amide bonds. The number of thiocarbonyl (C=S) groups is 1. The Bertz CT molecular complexity index is 1540. The zero-order valence-electron chi connectivity index (χ0n) is 20.1. The Morgan fingerprint density at radius 2 is 1.92 bits per heavy atom. The number of aryl methyl sites for hydroxylation is 1. The van der Waals surface area contributed by atoms with Crippen LogP contribution in [0, 0.1) is 19.3 Å². The van der Waals surface area contributed by atoms with Crippen molar-refractivity contribution in [2.75, 3.05) is 9.80 Å². The van der Waals surface area contributed by atoms with Crippen LogP contribution in [0.15, 0.2) is 54.7 Å². The highest BCUT2D eigenvalue weighted by Crippen LogP contribution is 2.48. The number of hydrogen-bond acceptors (Lipinski definition) is 4. The molecule has 2 aromatic carbocycles. The minimum atomic E-state index is -0.838. The number of hydrogen-bond donors (Lipinski definition) is 0. The SMILES string of the molecule is [C-]#[N+]c1ccc(N2C(=O)C3(CCC3)N(c3ccc(CN4Cc5ncccc5C4=O)c(F)c3)C2=S)cc1C. The summed E-state index contributed by atoms with van der Waals surface area (Å²) in [5.74, 6) is -0.757. The summed E-state index contributed by atoms with van der Waals surface area (Å²) < 4.78 is 15.4. The van der Waals surface area contributed by atoms with Crippen molar-refractivity contribution in [1.29, 1.82) is 0 Å². The molecule has 7 nitrogen and oxygen atoms in total. The third-order valence-electron chi connectivity index (χ3n) is 7.56. The van der Waals surface area contributed by atoms with Crippen LogP contribution in [0.25, 0.3) is 4.85 Å². The van der Waals surface area contributed by atoms with Gasteiger partial charge in [0.1, 0.15) is 11.4 Å². The van der Waals surface area contributed by atoms with E-state index in [2.05, 4.69) is 9.83 Å². The first kappa shape index (κ1) is 23.3. The van der Waals surface area contributed by atoms with E-state index in [1.807, 2.05) is 6.92 Å². The van der Waals surface area contributed by atoms with Gasteiger partial charge in [-0.15, -0.1) is 0 Å². The number of rotatable bonds is 4. The molecule has 1 aliphatic carbocycles. The smallest absolute Gasteiger partial charge is 0.259 e. The van der Waals surface area contributed by atoms with Crippen LogP contribution in [0.3, 0.4) is 0 Å². The maximum absolute atomic E-state index is 15.4. The number of fused-ring (bicyclic) bond motifs is 1. The molecule has 2 fully saturated rings. The zero-order chi connectivity index (χ0) is 25.9. The molecule has 1 saturated heterocycles. The van der Waals surface area contributed by atoms with Crippen LogP contribution in [0.4, 0.5) is 21.5 Å². The van der Waals surface area contributed by atoms with Gasteiger partial charge in [0.25, 0.3) is 11.8 Å². The largest absolute Gasteiger partial charge is 0.328 e. The van der Waals surface area contributed by atoms with Crippen molar-refractivity contribution >= 4 is 46.2 Å². The molecule has 3 heterocycles. The highest BCUT2D eigenvalue weighted by molar-refractivity contribution is 7.81. The summed E-state index contributed by atoms with van der Waals surface area (Å²) >= 11 is 5.79. The number of anilines is 2. The van der Waals surface area contributed by atoms with E-state index in [9.17, 15) is 9.59 Å². The molecule has 2 aliphatic heterocycles. The molecule has 0 unspecified atom stereocenters. The van der Waals surface area contributed by atoms with E-state index in [0.717, 1.165) is 12.0 Å². The van der Waals surface area contributed by atoms with Gasteiger partial charge in [0, 0.05) is 29.7 Å². The Labute approximate surface area is 218 Å². The molecule has 0 bridgehead atoms. The van der Waals surface area contributed by atoms with Gasteiger partial charge >= 0.3 is 0 Å². The van der Waals surface area contributed by atoms with Crippen LogP contribution >= 0.6 is 12.2 Å². The molecule has 184 valence electrons. The molecule has 0 N–H and O–H groups in total. The van der Waals surface area contributed by atoms with E-state index in [4.69, 9.17) is 18.8 Å². The van der Waals surface area contributed by atoms with E-state index in [0.29, 0.717) is 58.4 Å². The predicted molar refractivity (Wildman–Crippen MR) is 141 cm³/mol. The molecular weight excluding hydrogens is 489 g/mol. The summed E-state index contributed by atoms with van der Waals surface area (Å²) in [6, 6.07) is 13.5. The molecule has 9 heteroatoms. The number of pyridine rings is 1. The topological polar surface area (TPSA) is 61.1 Å². The zero-order valence-corrected chi connectivity index (χ0v) is 20.9. The van der Waals surface area contributed by atoms with Crippen LogP contribution in [-0.4, -0.2) is 32.3 Å². The summed E-state index contributed by atoms with van der Waals surface area (Å²) in [4.78, 5) is 39.0. The molecule has 0 atom stereocenters. The summed E-state index contributed by atoms with van der Waals surface area (Å²) in [5, 5.41) is 0.294. The minimum Gasteiger partial charge on any atom is -0.328 e. The van der Waals surface area contributed by atoms with E-state index in [1.54, 1.807) is 58.5 Å². The lowest BCUT2D eigenvalue weighted by Gasteiger charge is -2.43.